The molecule has 1 aromatic heterocycles. The maximum absolute atomic E-state index is 12.3. The lowest BCUT2D eigenvalue weighted by Gasteiger charge is -2.13. The minimum absolute atomic E-state index is 0.00725. The maximum Gasteiger partial charge on any atom is 0.422 e. The molecular weight excluding hydrogens is 373 g/mol. The highest BCUT2D eigenvalue weighted by molar-refractivity contribution is 5.93. The summed E-state index contributed by atoms with van der Waals surface area (Å²) in [5, 5.41) is 3.83. The number of ether oxygens (including phenoxy) is 2. The van der Waals surface area contributed by atoms with Gasteiger partial charge in [0.15, 0.2) is 18.1 Å². The second-order valence-corrected chi connectivity index (χ2v) is 6.22. The molecule has 0 fully saturated rings. The fourth-order valence-corrected chi connectivity index (χ4v) is 2.76. The third-order valence-corrected chi connectivity index (χ3v) is 4.10. The Morgan fingerprint density at radius 1 is 1.11 bits per heavy atom. The summed E-state index contributed by atoms with van der Waals surface area (Å²) in [5.74, 6) is 0.0409. The average molecular weight is 392 g/mol. The van der Waals surface area contributed by atoms with Crippen LogP contribution in [0.2, 0.25) is 0 Å². The Kier molecular flexibility index (Phi) is 5.77. The highest BCUT2D eigenvalue weighted by atomic mass is 19.4. The molecule has 0 radical (unpaired) electrons. The predicted octanol–water partition coefficient (Wildman–Crippen LogP) is 4.69. The van der Waals surface area contributed by atoms with E-state index in [4.69, 9.17) is 9.47 Å². The van der Waals surface area contributed by atoms with Crippen LogP contribution >= 0.6 is 0 Å². The molecule has 0 saturated carbocycles. The number of aromatic nitrogens is 1. The molecule has 1 heterocycles. The van der Waals surface area contributed by atoms with Crippen LogP contribution < -0.4 is 14.8 Å². The monoisotopic (exact) mass is 392 g/mol. The van der Waals surface area contributed by atoms with Crippen molar-refractivity contribution in [2.24, 2.45) is 0 Å². The van der Waals surface area contributed by atoms with Crippen molar-refractivity contribution in [2.75, 3.05) is 19.0 Å². The van der Waals surface area contributed by atoms with Crippen molar-refractivity contribution in [1.82, 2.24) is 4.98 Å². The van der Waals surface area contributed by atoms with Gasteiger partial charge in [-0.25, -0.2) is 0 Å². The molecule has 0 aliphatic rings. The molecule has 0 aliphatic heterocycles. The number of rotatable bonds is 7. The van der Waals surface area contributed by atoms with E-state index in [0.717, 1.165) is 16.5 Å². The van der Waals surface area contributed by atoms with Crippen LogP contribution in [-0.2, 0) is 11.2 Å². The van der Waals surface area contributed by atoms with Gasteiger partial charge in [0.25, 0.3) is 0 Å². The lowest BCUT2D eigenvalue weighted by Crippen LogP contribution is -2.19. The topological polar surface area (TPSA) is 63.3 Å². The van der Waals surface area contributed by atoms with E-state index in [2.05, 4.69) is 10.3 Å². The first-order valence-electron chi connectivity index (χ1n) is 8.57. The normalized spacial score (nSPS) is 11.4. The molecule has 0 saturated heterocycles. The molecule has 0 bridgehead atoms. The lowest BCUT2D eigenvalue weighted by atomic mass is 10.1. The Morgan fingerprint density at radius 3 is 2.68 bits per heavy atom. The predicted molar refractivity (Wildman–Crippen MR) is 99.8 cm³/mol. The summed E-state index contributed by atoms with van der Waals surface area (Å²) < 4.78 is 46.7. The number of carbonyl (C=O) groups excluding carboxylic acids is 1. The van der Waals surface area contributed by atoms with Crippen LogP contribution in [-0.4, -0.2) is 30.8 Å². The van der Waals surface area contributed by atoms with Gasteiger partial charge in [0, 0.05) is 29.2 Å². The Balaban J connectivity index is 1.57. The minimum Gasteiger partial charge on any atom is -0.493 e. The van der Waals surface area contributed by atoms with Crippen LogP contribution in [0.4, 0.5) is 18.9 Å². The summed E-state index contributed by atoms with van der Waals surface area (Å²) in [6, 6.07) is 12.1. The van der Waals surface area contributed by atoms with Gasteiger partial charge in [-0.15, -0.1) is 0 Å². The van der Waals surface area contributed by atoms with Crippen LogP contribution in [0.25, 0.3) is 10.9 Å². The summed E-state index contributed by atoms with van der Waals surface area (Å²) in [4.78, 5) is 15.3. The Morgan fingerprint density at radius 2 is 1.93 bits per heavy atom. The standard InChI is InChI=1S/C20H19F3N2O3/c1-27-18-10-13(2-6-17(18)28-12-20(21,22)23)3-7-19(26)25-15-4-5-16-14(11-15)8-9-24-16/h2,4-6,8-11,24H,3,7,12H2,1H3,(H,25,26). The summed E-state index contributed by atoms with van der Waals surface area (Å²) in [6.45, 7) is -1.39. The van der Waals surface area contributed by atoms with E-state index >= 15 is 0 Å². The third-order valence-electron chi connectivity index (χ3n) is 4.10. The molecule has 3 rings (SSSR count). The number of anilines is 1. The number of amides is 1. The van der Waals surface area contributed by atoms with Crippen molar-refractivity contribution in [1.29, 1.82) is 0 Å². The number of halogens is 3. The number of methoxy groups -OCH3 is 1. The molecule has 2 N–H and O–H groups in total. The highest BCUT2D eigenvalue weighted by Crippen LogP contribution is 2.30. The van der Waals surface area contributed by atoms with E-state index in [0.29, 0.717) is 12.1 Å². The molecule has 0 unspecified atom stereocenters. The number of benzene rings is 2. The van der Waals surface area contributed by atoms with Gasteiger partial charge >= 0.3 is 6.18 Å². The van der Waals surface area contributed by atoms with Crippen molar-refractivity contribution < 1.29 is 27.4 Å². The molecule has 3 aromatic rings. The van der Waals surface area contributed by atoms with E-state index in [1.54, 1.807) is 12.1 Å². The van der Waals surface area contributed by atoms with E-state index in [9.17, 15) is 18.0 Å². The molecule has 0 spiro atoms. The van der Waals surface area contributed by atoms with E-state index in [1.165, 1.54) is 13.2 Å². The van der Waals surface area contributed by atoms with Crippen molar-refractivity contribution >= 4 is 22.5 Å². The summed E-state index contributed by atoms with van der Waals surface area (Å²) >= 11 is 0. The second kappa shape index (κ2) is 8.24. The fourth-order valence-electron chi connectivity index (χ4n) is 2.76. The Hall–Kier alpha value is -3.16. The number of H-pyrrole nitrogens is 1. The smallest absolute Gasteiger partial charge is 0.422 e. The summed E-state index contributed by atoms with van der Waals surface area (Å²) in [7, 11) is 1.35. The number of nitrogens with one attached hydrogen (secondary N) is 2. The minimum atomic E-state index is -4.43. The number of aromatic amines is 1. The first-order chi connectivity index (χ1) is 13.3. The zero-order valence-electron chi connectivity index (χ0n) is 15.1. The van der Waals surface area contributed by atoms with Gasteiger partial charge in [-0.05, 0) is 48.4 Å². The molecule has 28 heavy (non-hydrogen) atoms. The van der Waals surface area contributed by atoms with Crippen molar-refractivity contribution in [3.05, 3.63) is 54.2 Å². The Bertz CT molecular complexity index is 967. The number of hydrogen-bond donors (Lipinski definition) is 2. The third kappa shape index (κ3) is 5.18. The van der Waals surface area contributed by atoms with E-state index in [1.807, 2.05) is 30.5 Å². The number of alkyl halides is 3. The SMILES string of the molecule is COc1cc(CCC(=O)Nc2ccc3[nH]ccc3c2)ccc1OCC(F)(F)F. The number of carbonyl (C=O) groups is 1. The van der Waals surface area contributed by atoms with Crippen molar-refractivity contribution in [3.63, 3.8) is 0 Å². The van der Waals surface area contributed by atoms with Gasteiger partial charge in [-0.2, -0.15) is 13.2 Å². The highest BCUT2D eigenvalue weighted by Gasteiger charge is 2.29. The molecule has 148 valence electrons. The van der Waals surface area contributed by atoms with Gasteiger partial charge in [0.2, 0.25) is 5.91 Å². The zero-order valence-corrected chi connectivity index (χ0v) is 15.1. The van der Waals surface area contributed by atoms with Gasteiger partial charge in [0.1, 0.15) is 0 Å². The van der Waals surface area contributed by atoms with Gasteiger partial charge in [-0.1, -0.05) is 6.07 Å². The summed E-state index contributed by atoms with van der Waals surface area (Å²) in [5.41, 5.74) is 2.44. The quantitative estimate of drug-likeness (QED) is 0.613. The molecule has 0 atom stereocenters. The molecular formula is C20H19F3N2O3. The maximum atomic E-state index is 12.3. The summed E-state index contributed by atoms with van der Waals surface area (Å²) in [6.07, 6.45) is -1.97. The lowest BCUT2D eigenvalue weighted by molar-refractivity contribution is -0.153. The van der Waals surface area contributed by atoms with E-state index < -0.39 is 12.8 Å². The largest absolute Gasteiger partial charge is 0.493 e. The van der Waals surface area contributed by atoms with Gasteiger partial charge < -0.3 is 19.8 Å². The van der Waals surface area contributed by atoms with Crippen LogP contribution in [0.15, 0.2) is 48.7 Å². The first-order valence-corrected chi connectivity index (χ1v) is 8.57. The van der Waals surface area contributed by atoms with Crippen LogP contribution in [0.3, 0.4) is 0 Å². The van der Waals surface area contributed by atoms with Crippen molar-refractivity contribution in [3.8, 4) is 11.5 Å². The van der Waals surface area contributed by atoms with Crippen molar-refractivity contribution in [2.45, 2.75) is 19.0 Å². The molecule has 2 aromatic carbocycles. The van der Waals surface area contributed by atoms with Crippen LogP contribution in [0.5, 0.6) is 11.5 Å². The van der Waals surface area contributed by atoms with Crippen LogP contribution in [0, 0.1) is 0 Å². The molecule has 0 aliphatic carbocycles. The second-order valence-electron chi connectivity index (χ2n) is 6.22. The zero-order chi connectivity index (χ0) is 20.1. The van der Waals surface area contributed by atoms with Gasteiger partial charge in [0.05, 0.1) is 7.11 Å². The van der Waals surface area contributed by atoms with Crippen LogP contribution in [0.1, 0.15) is 12.0 Å². The Labute approximate surface area is 159 Å². The fraction of sp³-hybridized carbons (Fsp3) is 0.250. The molecule has 5 nitrogen and oxygen atoms in total. The number of hydrogen-bond acceptors (Lipinski definition) is 3. The molecule has 1 amide bonds. The van der Waals surface area contributed by atoms with E-state index in [-0.39, 0.29) is 23.8 Å². The number of aryl methyl sites for hydroxylation is 1. The first kappa shape index (κ1) is 19.6. The molecule has 8 heteroatoms. The van der Waals surface area contributed by atoms with Gasteiger partial charge in [-0.3, -0.25) is 4.79 Å². The average Bonchev–Trinajstić information content (AvgIpc) is 3.12. The number of fused-ring (bicyclic) bond motifs is 1.